The highest BCUT2D eigenvalue weighted by molar-refractivity contribution is 6.13. The van der Waals surface area contributed by atoms with Crippen LogP contribution in [0.25, 0.3) is 10.9 Å². The monoisotopic (exact) mass is 322 g/mol. The standard InChI is InChI=1S/C20H22N2O2/c1-21(2)13-14-24-20-16-11-7-8-12-17(16)22(3)18(20)19(23)15-9-5-4-6-10-15/h4-12H,13-14H2,1-3H3. The summed E-state index contributed by atoms with van der Waals surface area (Å²) < 4.78 is 7.97. The molecule has 0 atom stereocenters. The van der Waals surface area contributed by atoms with E-state index < -0.39 is 0 Å². The summed E-state index contributed by atoms with van der Waals surface area (Å²) in [6.45, 7) is 1.33. The molecule has 24 heavy (non-hydrogen) atoms. The summed E-state index contributed by atoms with van der Waals surface area (Å²) in [6, 6.07) is 17.3. The zero-order chi connectivity index (χ0) is 17.1. The van der Waals surface area contributed by atoms with E-state index in [-0.39, 0.29) is 5.78 Å². The average molecular weight is 322 g/mol. The first-order chi connectivity index (χ1) is 11.6. The number of nitrogens with zero attached hydrogens (tertiary/aromatic N) is 2. The molecule has 0 saturated heterocycles. The molecule has 2 aromatic carbocycles. The number of ether oxygens (including phenoxy) is 1. The second-order valence-corrected chi connectivity index (χ2v) is 6.10. The summed E-state index contributed by atoms with van der Waals surface area (Å²) in [5, 5.41) is 0.970. The fourth-order valence-corrected chi connectivity index (χ4v) is 2.82. The van der Waals surface area contributed by atoms with Gasteiger partial charge in [0.15, 0.2) is 5.75 Å². The first-order valence-electron chi connectivity index (χ1n) is 8.04. The number of hydrogen-bond donors (Lipinski definition) is 0. The molecule has 3 rings (SSSR count). The van der Waals surface area contributed by atoms with Crippen LogP contribution in [0.5, 0.6) is 5.75 Å². The smallest absolute Gasteiger partial charge is 0.213 e. The zero-order valence-electron chi connectivity index (χ0n) is 14.3. The third kappa shape index (κ3) is 3.05. The van der Waals surface area contributed by atoms with Gasteiger partial charge in [0.1, 0.15) is 12.3 Å². The molecular weight excluding hydrogens is 300 g/mol. The Bertz CT molecular complexity index is 851. The van der Waals surface area contributed by atoms with E-state index in [0.29, 0.717) is 23.6 Å². The Morgan fingerprint density at radius 3 is 2.42 bits per heavy atom. The third-order valence-corrected chi connectivity index (χ3v) is 4.10. The largest absolute Gasteiger partial charge is 0.489 e. The van der Waals surface area contributed by atoms with Crippen molar-refractivity contribution in [2.24, 2.45) is 7.05 Å². The minimum Gasteiger partial charge on any atom is -0.489 e. The Kier molecular flexibility index (Phi) is 4.67. The molecule has 0 aliphatic heterocycles. The Morgan fingerprint density at radius 1 is 1.04 bits per heavy atom. The van der Waals surface area contributed by atoms with Gasteiger partial charge in [-0.3, -0.25) is 4.79 Å². The van der Waals surface area contributed by atoms with Gasteiger partial charge in [-0.05, 0) is 26.2 Å². The fraction of sp³-hybridized carbons (Fsp3) is 0.250. The van der Waals surface area contributed by atoms with E-state index in [4.69, 9.17) is 4.74 Å². The lowest BCUT2D eigenvalue weighted by molar-refractivity contribution is 0.102. The second kappa shape index (κ2) is 6.89. The molecule has 0 aliphatic rings. The maximum absolute atomic E-state index is 13.0. The van der Waals surface area contributed by atoms with Crippen molar-refractivity contribution in [2.75, 3.05) is 27.2 Å². The van der Waals surface area contributed by atoms with Gasteiger partial charge in [0.2, 0.25) is 5.78 Å². The zero-order valence-corrected chi connectivity index (χ0v) is 14.3. The van der Waals surface area contributed by atoms with Crippen molar-refractivity contribution in [3.8, 4) is 5.75 Å². The summed E-state index contributed by atoms with van der Waals surface area (Å²) in [5.41, 5.74) is 2.26. The van der Waals surface area contributed by atoms with Crippen LogP contribution in [0.15, 0.2) is 54.6 Å². The number of aryl methyl sites for hydroxylation is 1. The summed E-state index contributed by atoms with van der Waals surface area (Å²) in [5.74, 6) is 0.651. The lowest BCUT2D eigenvalue weighted by Gasteiger charge is -2.12. The normalized spacial score (nSPS) is 11.2. The Hall–Kier alpha value is -2.59. The molecule has 0 N–H and O–H groups in total. The predicted molar refractivity (Wildman–Crippen MR) is 96.8 cm³/mol. The molecule has 0 fully saturated rings. The van der Waals surface area contributed by atoms with Gasteiger partial charge in [0, 0.05) is 24.5 Å². The van der Waals surface area contributed by atoms with Gasteiger partial charge < -0.3 is 14.2 Å². The minimum absolute atomic E-state index is 0.0193. The van der Waals surface area contributed by atoms with Crippen LogP contribution in [-0.4, -0.2) is 42.5 Å². The van der Waals surface area contributed by atoms with Gasteiger partial charge in [0.05, 0.1) is 5.52 Å². The van der Waals surface area contributed by atoms with Crippen LogP contribution in [0.1, 0.15) is 16.1 Å². The molecule has 124 valence electrons. The van der Waals surface area contributed by atoms with Crippen LogP contribution in [-0.2, 0) is 7.05 Å². The van der Waals surface area contributed by atoms with Crippen LogP contribution in [0, 0.1) is 0 Å². The molecule has 0 bridgehead atoms. The molecule has 4 nitrogen and oxygen atoms in total. The maximum atomic E-state index is 13.0. The lowest BCUT2D eigenvalue weighted by Crippen LogP contribution is -2.20. The van der Waals surface area contributed by atoms with Crippen LogP contribution < -0.4 is 4.74 Å². The summed E-state index contributed by atoms with van der Waals surface area (Å²) in [4.78, 5) is 15.1. The number of carbonyl (C=O) groups excluding carboxylic acids is 1. The van der Waals surface area contributed by atoms with Crippen molar-refractivity contribution in [1.82, 2.24) is 9.47 Å². The van der Waals surface area contributed by atoms with Crippen molar-refractivity contribution in [1.29, 1.82) is 0 Å². The number of rotatable bonds is 6. The molecule has 0 spiro atoms. The second-order valence-electron chi connectivity index (χ2n) is 6.10. The number of carbonyl (C=O) groups is 1. The molecule has 0 unspecified atom stereocenters. The number of fused-ring (bicyclic) bond motifs is 1. The quantitative estimate of drug-likeness (QED) is 0.653. The number of aromatic nitrogens is 1. The van der Waals surface area contributed by atoms with Crippen LogP contribution in [0.4, 0.5) is 0 Å². The highest BCUT2D eigenvalue weighted by atomic mass is 16.5. The molecular formula is C20H22N2O2. The molecule has 0 amide bonds. The molecule has 3 aromatic rings. The fourth-order valence-electron chi connectivity index (χ4n) is 2.82. The molecule has 0 aliphatic carbocycles. The predicted octanol–water partition coefficient (Wildman–Crippen LogP) is 3.35. The van der Waals surface area contributed by atoms with Crippen LogP contribution in [0.3, 0.4) is 0 Å². The van der Waals surface area contributed by atoms with E-state index in [0.717, 1.165) is 17.4 Å². The first kappa shape index (κ1) is 16.3. The number of ketones is 1. The van der Waals surface area contributed by atoms with Gasteiger partial charge >= 0.3 is 0 Å². The van der Waals surface area contributed by atoms with E-state index >= 15 is 0 Å². The van der Waals surface area contributed by atoms with Gasteiger partial charge in [0.25, 0.3) is 0 Å². The minimum atomic E-state index is -0.0193. The van der Waals surface area contributed by atoms with E-state index in [1.807, 2.05) is 80.3 Å². The number of benzene rings is 2. The molecule has 1 aromatic heterocycles. The van der Waals surface area contributed by atoms with E-state index in [1.165, 1.54) is 0 Å². The molecule has 1 heterocycles. The summed E-state index contributed by atoms with van der Waals surface area (Å²) >= 11 is 0. The van der Waals surface area contributed by atoms with Gasteiger partial charge in [-0.2, -0.15) is 0 Å². The van der Waals surface area contributed by atoms with E-state index in [2.05, 4.69) is 4.90 Å². The van der Waals surface area contributed by atoms with Crippen LogP contribution in [0.2, 0.25) is 0 Å². The Balaban J connectivity index is 2.08. The third-order valence-electron chi connectivity index (χ3n) is 4.10. The SMILES string of the molecule is CN(C)CCOc1c(C(=O)c2ccccc2)n(C)c2ccccc12. The molecule has 4 heteroatoms. The van der Waals surface area contributed by atoms with Crippen molar-refractivity contribution in [3.05, 3.63) is 65.9 Å². The van der Waals surface area contributed by atoms with Crippen LogP contribution >= 0.6 is 0 Å². The van der Waals surface area contributed by atoms with Gasteiger partial charge in [-0.1, -0.05) is 42.5 Å². The maximum Gasteiger partial charge on any atom is 0.213 e. The van der Waals surface area contributed by atoms with E-state index in [1.54, 1.807) is 0 Å². The highest BCUT2D eigenvalue weighted by Gasteiger charge is 2.23. The Labute approximate surface area is 142 Å². The Morgan fingerprint density at radius 2 is 1.71 bits per heavy atom. The van der Waals surface area contributed by atoms with Crippen molar-refractivity contribution in [3.63, 3.8) is 0 Å². The summed E-state index contributed by atoms with van der Waals surface area (Å²) in [6.07, 6.45) is 0. The number of para-hydroxylation sites is 1. The van der Waals surface area contributed by atoms with Gasteiger partial charge in [-0.25, -0.2) is 0 Å². The summed E-state index contributed by atoms with van der Waals surface area (Å²) in [7, 11) is 5.92. The number of hydrogen-bond acceptors (Lipinski definition) is 3. The van der Waals surface area contributed by atoms with E-state index in [9.17, 15) is 4.79 Å². The average Bonchev–Trinajstić information content (AvgIpc) is 2.88. The van der Waals surface area contributed by atoms with Crippen molar-refractivity contribution in [2.45, 2.75) is 0 Å². The highest BCUT2D eigenvalue weighted by Crippen LogP contribution is 2.34. The number of likely N-dealkylation sites (N-methyl/N-ethyl adjacent to an activating group) is 1. The first-order valence-corrected chi connectivity index (χ1v) is 8.04. The van der Waals surface area contributed by atoms with Gasteiger partial charge in [-0.15, -0.1) is 0 Å². The lowest BCUT2D eigenvalue weighted by atomic mass is 10.1. The topological polar surface area (TPSA) is 34.5 Å². The van der Waals surface area contributed by atoms with Crippen molar-refractivity contribution >= 4 is 16.7 Å². The molecule has 0 saturated carbocycles. The molecule has 0 radical (unpaired) electrons. The van der Waals surface area contributed by atoms with Crippen molar-refractivity contribution < 1.29 is 9.53 Å².